The minimum atomic E-state index is 0.348. The Bertz CT molecular complexity index is 691. The van der Waals surface area contributed by atoms with Crippen LogP contribution in [0.1, 0.15) is 30.2 Å². The fraction of sp³-hybridized carbons (Fsp3) is 0.579. The highest BCUT2D eigenvalue weighted by Gasteiger charge is 2.48. The zero-order valence-electron chi connectivity index (χ0n) is 14.6. The van der Waals surface area contributed by atoms with Gasteiger partial charge in [0.25, 0.3) is 0 Å². The number of pyridine rings is 1. The predicted molar refractivity (Wildman–Crippen MR) is 92.6 cm³/mol. The Labute approximate surface area is 143 Å². The smallest absolute Gasteiger partial charge is 0.0638 e. The molecule has 0 aliphatic carbocycles. The van der Waals surface area contributed by atoms with E-state index < -0.39 is 0 Å². The second-order valence-corrected chi connectivity index (χ2v) is 7.44. The minimum Gasteiger partial charge on any atom is -0.377 e. The van der Waals surface area contributed by atoms with Crippen molar-refractivity contribution in [3.63, 3.8) is 0 Å². The summed E-state index contributed by atoms with van der Waals surface area (Å²) in [6.45, 7) is 9.39. The highest BCUT2D eigenvalue weighted by Crippen LogP contribution is 2.42. The van der Waals surface area contributed by atoms with Crippen LogP contribution in [0.2, 0.25) is 0 Å². The molecule has 0 radical (unpaired) electrons. The molecule has 1 atom stereocenters. The topological polar surface area (TPSA) is 43.2 Å². The van der Waals surface area contributed by atoms with Gasteiger partial charge in [-0.3, -0.25) is 14.6 Å². The third-order valence-electron chi connectivity index (χ3n) is 5.36. The van der Waals surface area contributed by atoms with Crippen molar-refractivity contribution < 1.29 is 4.74 Å². The molecule has 0 amide bonds. The quantitative estimate of drug-likeness (QED) is 0.846. The lowest BCUT2D eigenvalue weighted by Crippen LogP contribution is -2.56. The van der Waals surface area contributed by atoms with E-state index in [-0.39, 0.29) is 0 Å². The molecule has 2 saturated heterocycles. The Hall–Kier alpha value is -1.72. The van der Waals surface area contributed by atoms with Gasteiger partial charge in [0.2, 0.25) is 0 Å². The summed E-state index contributed by atoms with van der Waals surface area (Å²) in [5.41, 5.74) is 4.17. The van der Waals surface area contributed by atoms with Gasteiger partial charge in [0.1, 0.15) is 0 Å². The van der Waals surface area contributed by atoms with Crippen molar-refractivity contribution in [2.75, 3.05) is 19.7 Å². The summed E-state index contributed by atoms with van der Waals surface area (Å²) in [6, 6.07) is 4.15. The maximum atomic E-state index is 6.09. The molecule has 4 heterocycles. The van der Waals surface area contributed by atoms with Crippen molar-refractivity contribution in [1.29, 1.82) is 0 Å². The Kier molecular flexibility index (Phi) is 4.14. The number of hydrogen-bond acceptors (Lipinski definition) is 4. The van der Waals surface area contributed by atoms with Crippen LogP contribution in [0.3, 0.4) is 0 Å². The van der Waals surface area contributed by atoms with Gasteiger partial charge in [0, 0.05) is 62.2 Å². The molecular weight excluding hydrogens is 300 g/mol. The Morgan fingerprint density at radius 2 is 2.25 bits per heavy atom. The largest absolute Gasteiger partial charge is 0.377 e. The fourth-order valence-corrected chi connectivity index (χ4v) is 4.16. The Morgan fingerprint density at radius 3 is 2.96 bits per heavy atom. The summed E-state index contributed by atoms with van der Waals surface area (Å²) in [4.78, 5) is 6.73. The van der Waals surface area contributed by atoms with E-state index in [1.807, 2.05) is 23.1 Å². The van der Waals surface area contributed by atoms with E-state index in [9.17, 15) is 0 Å². The first-order valence-electron chi connectivity index (χ1n) is 8.92. The lowest BCUT2D eigenvalue weighted by molar-refractivity contribution is -0.0141. The molecule has 128 valence electrons. The molecule has 2 fully saturated rings. The molecule has 0 saturated carbocycles. The second-order valence-electron chi connectivity index (χ2n) is 7.44. The van der Waals surface area contributed by atoms with Gasteiger partial charge in [-0.25, -0.2) is 0 Å². The van der Waals surface area contributed by atoms with Gasteiger partial charge >= 0.3 is 0 Å². The van der Waals surface area contributed by atoms with Crippen molar-refractivity contribution in [3.8, 4) is 0 Å². The van der Waals surface area contributed by atoms with E-state index in [0.29, 0.717) is 11.5 Å². The van der Waals surface area contributed by atoms with Gasteiger partial charge in [0.15, 0.2) is 0 Å². The van der Waals surface area contributed by atoms with Crippen LogP contribution in [-0.4, -0.2) is 45.5 Å². The molecule has 1 spiro atoms. The first kappa shape index (κ1) is 15.8. The third-order valence-corrected chi connectivity index (χ3v) is 5.36. The zero-order chi connectivity index (χ0) is 16.6. The van der Waals surface area contributed by atoms with Gasteiger partial charge in [-0.1, -0.05) is 6.07 Å². The average molecular weight is 326 g/mol. The van der Waals surface area contributed by atoms with Crippen LogP contribution in [0, 0.1) is 12.3 Å². The molecule has 2 aliphatic heterocycles. The number of aryl methyl sites for hydroxylation is 2. The third kappa shape index (κ3) is 3.10. The molecule has 2 aromatic rings. The van der Waals surface area contributed by atoms with Crippen molar-refractivity contribution >= 4 is 0 Å². The van der Waals surface area contributed by atoms with Crippen LogP contribution in [0.4, 0.5) is 0 Å². The molecule has 1 unspecified atom stereocenters. The van der Waals surface area contributed by atoms with Gasteiger partial charge < -0.3 is 4.74 Å². The maximum absolute atomic E-state index is 6.09. The lowest BCUT2D eigenvalue weighted by Gasteiger charge is -2.47. The summed E-state index contributed by atoms with van der Waals surface area (Å²) in [5, 5.41) is 4.55. The molecule has 0 bridgehead atoms. The Morgan fingerprint density at radius 1 is 1.38 bits per heavy atom. The highest BCUT2D eigenvalue weighted by atomic mass is 16.5. The summed E-state index contributed by atoms with van der Waals surface area (Å²) in [6.07, 6.45) is 8.48. The minimum absolute atomic E-state index is 0.348. The van der Waals surface area contributed by atoms with Crippen LogP contribution in [0.25, 0.3) is 0 Å². The van der Waals surface area contributed by atoms with E-state index in [1.165, 1.54) is 17.5 Å². The number of likely N-dealkylation sites (tertiary alicyclic amines) is 1. The second kappa shape index (κ2) is 6.30. The molecule has 5 heteroatoms. The van der Waals surface area contributed by atoms with Gasteiger partial charge in [0.05, 0.1) is 18.4 Å². The van der Waals surface area contributed by atoms with Crippen molar-refractivity contribution in [3.05, 3.63) is 47.5 Å². The molecule has 2 aliphatic rings. The van der Waals surface area contributed by atoms with Gasteiger partial charge in [-0.2, -0.15) is 5.10 Å². The number of nitrogens with zero attached hydrogens (tertiary/aromatic N) is 4. The van der Waals surface area contributed by atoms with Crippen molar-refractivity contribution in [2.24, 2.45) is 5.41 Å². The predicted octanol–water partition coefficient (Wildman–Crippen LogP) is 2.44. The number of hydrogen-bond donors (Lipinski definition) is 0. The van der Waals surface area contributed by atoms with E-state index in [4.69, 9.17) is 4.74 Å². The maximum Gasteiger partial charge on any atom is 0.0638 e. The SMILES string of the molecule is CCn1cc(CN2CC3(COC(Cc4cccnc4)C3)C2)c(C)n1. The fourth-order valence-electron chi connectivity index (χ4n) is 4.16. The van der Waals surface area contributed by atoms with Gasteiger partial charge in [-0.05, 0) is 31.9 Å². The normalized spacial score (nSPS) is 22.8. The number of aromatic nitrogens is 3. The van der Waals surface area contributed by atoms with Crippen LogP contribution < -0.4 is 0 Å². The van der Waals surface area contributed by atoms with E-state index in [0.717, 1.165) is 44.9 Å². The molecular formula is C19H26N4O. The first-order chi connectivity index (χ1) is 11.7. The molecule has 0 aromatic carbocycles. The summed E-state index contributed by atoms with van der Waals surface area (Å²) in [7, 11) is 0. The van der Waals surface area contributed by atoms with Crippen LogP contribution in [-0.2, 0) is 24.2 Å². The molecule has 2 aromatic heterocycles. The lowest BCUT2D eigenvalue weighted by atomic mass is 9.77. The summed E-state index contributed by atoms with van der Waals surface area (Å²) >= 11 is 0. The van der Waals surface area contributed by atoms with Crippen molar-refractivity contribution in [2.45, 2.75) is 45.9 Å². The molecule has 0 N–H and O–H groups in total. The first-order valence-corrected chi connectivity index (χ1v) is 8.92. The Balaban J connectivity index is 1.30. The average Bonchev–Trinajstić information content (AvgIpc) is 3.12. The van der Waals surface area contributed by atoms with Crippen LogP contribution >= 0.6 is 0 Å². The van der Waals surface area contributed by atoms with E-state index in [1.54, 1.807) is 0 Å². The van der Waals surface area contributed by atoms with Crippen LogP contribution in [0.15, 0.2) is 30.7 Å². The zero-order valence-corrected chi connectivity index (χ0v) is 14.6. The van der Waals surface area contributed by atoms with Crippen LogP contribution in [0.5, 0.6) is 0 Å². The van der Waals surface area contributed by atoms with E-state index in [2.05, 4.69) is 41.1 Å². The highest BCUT2D eigenvalue weighted by molar-refractivity contribution is 5.17. The molecule has 4 rings (SSSR count). The standard InChI is InChI=1S/C19H26N4O/c1-3-23-11-17(15(2)21-23)10-22-12-19(13-22)8-18(24-14-19)7-16-5-4-6-20-9-16/h4-6,9,11,18H,3,7-8,10,12-14H2,1-2H3. The summed E-state index contributed by atoms with van der Waals surface area (Å²) < 4.78 is 8.12. The molecule has 24 heavy (non-hydrogen) atoms. The van der Waals surface area contributed by atoms with Crippen molar-refractivity contribution in [1.82, 2.24) is 19.7 Å². The summed E-state index contributed by atoms with van der Waals surface area (Å²) in [5.74, 6) is 0. The monoisotopic (exact) mass is 326 g/mol. The number of rotatable bonds is 5. The van der Waals surface area contributed by atoms with Gasteiger partial charge in [-0.15, -0.1) is 0 Å². The molecule has 5 nitrogen and oxygen atoms in total. The van der Waals surface area contributed by atoms with E-state index >= 15 is 0 Å². The number of ether oxygens (including phenoxy) is 1.